The Labute approximate surface area is 55.1 Å². The lowest BCUT2D eigenvalue weighted by Gasteiger charge is -2.09. The van der Waals surface area contributed by atoms with Crippen LogP contribution in [0.1, 0.15) is 19.8 Å². The molecule has 0 N–H and O–H groups in total. The van der Waals surface area contributed by atoms with Gasteiger partial charge in [0, 0.05) is 0 Å². The minimum absolute atomic E-state index is 0.0836. The molecule has 0 aromatic carbocycles. The van der Waals surface area contributed by atoms with Crippen LogP contribution in [0.3, 0.4) is 0 Å². The van der Waals surface area contributed by atoms with Gasteiger partial charge in [0.15, 0.2) is 0 Å². The number of rotatable bonds is 1. The second kappa shape index (κ2) is 2.81. The van der Waals surface area contributed by atoms with E-state index in [0.717, 1.165) is 12.8 Å². The van der Waals surface area contributed by atoms with Crippen molar-refractivity contribution in [3.05, 3.63) is 24.1 Å². The predicted molar refractivity (Wildman–Crippen MR) is 36.7 cm³/mol. The summed E-state index contributed by atoms with van der Waals surface area (Å²) in [5.74, 6) is 0.490. The summed E-state index contributed by atoms with van der Waals surface area (Å²) in [6, 6.07) is 0. The minimum Gasteiger partial charge on any atom is -0.207 e. The Bertz CT molecular complexity index is 145. The summed E-state index contributed by atoms with van der Waals surface area (Å²) in [6.45, 7) is 2.12. The van der Waals surface area contributed by atoms with Gasteiger partial charge in [-0.05, 0) is 30.9 Å². The van der Waals surface area contributed by atoms with Crippen molar-refractivity contribution in [2.24, 2.45) is 5.92 Å². The summed E-state index contributed by atoms with van der Waals surface area (Å²) >= 11 is 0. The van der Waals surface area contributed by atoms with Gasteiger partial charge in [-0.3, -0.25) is 0 Å². The second-order valence-electron chi connectivity index (χ2n) is 2.35. The van der Waals surface area contributed by atoms with Crippen LogP contribution in [0, 0.1) is 5.92 Å². The summed E-state index contributed by atoms with van der Waals surface area (Å²) in [7, 11) is 0. The third-order valence-electron chi connectivity index (χ3n) is 1.67. The van der Waals surface area contributed by atoms with Crippen molar-refractivity contribution in [1.82, 2.24) is 0 Å². The maximum absolute atomic E-state index is 12.3. The van der Waals surface area contributed by atoms with Gasteiger partial charge in [-0.15, -0.1) is 0 Å². The normalized spacial score (nSPS) is 26.0. The Morgan fingerprint density at radius 2 is 2.56 bits per heavy atom. The quantitative estimate of drug-likeness (QED) is 0.506. The molecule has 0 amide bonds. The first-order valence-electron chi connectivity index (χ1n) is 3.36. The fraction of sp³-hybridized carbons (Fsp3) is 0.500. The maximum Gasteiger partial charge on any atom is 0.118 e. The van der Waals surface area contributed by atoms with Gasteiger partial charge in [0.05, 0.1) is 0 Å². The van der Waals surface area contributed by atoms with Gasteiger partial charge in [-0.2, -0.15) is 0 Å². The fourth-order valence-electron chi connectivity index (χ4n) is 0.941. The third-order valence-corrected chi connectivity index (χ3v) is 1.67. The van der Waals surface area contributed by atoms with Crippen LogP contribution in [-0.4, -0.2) is 0 Å². The smallest absolute Gasteiger partial charge is 0.118 e. The predicted octanol–water partition coefficient (Wildman–Crippen LogP) is 2.83. The Kier molecular flexibility index (Phi) is 2.04. The first kappa shape index (κ1) is 6.53. The highest BCUT2D eigenvalue weighted by Crippen LogP contribution is 2.18. The molecule has 0 saturated heterocycles. The van der Waals surface area contributed by atoms with Crippen LogP contribution < -0.4 is 0 Å². The lowest BCUT2D eigenvalue weighted by atomic mass is 9.98. The van der Waals surface area contributed by atoms with Crippen molar-refractivity contribution in [3.8, 4) is 0 Å². The lowest BCUT2D eigenvalue weighted by Crippen LogP contribution is -1.95. The van der Waals surface area contributed by atoms with Crippen LogP contribution in [0.4, 0.5) is 4.39 Å². The molecule has 1 aliphatic carbocycles. The Morgan fingerprint density at radius 1 is 1.78 bits per heavy atom. The molecule has 1 unspecified atom stereocenters. The zero-order valence-corrected chi connectivity index (χ0v) is 5.60. The SMILES string of the molecule is CCC1C=CC(F)=CC1. The zero-order valence-electron chi connectivity index (χ0n) is 5.60. The molecular formula is C8H11F. The van der Waals surface area contributed by atoms with Crippen molar-refractivity contribution in [2.75, 3.05) is 0 Å². The topological polar surface area (TPSA) is 0 Å². The van der Waals surface area contributed by atoms with E-state index in [9.17, 15) is 4.39 Å². The minimum atomic E-state index is -0.0836. The van der Waals surface area contributed by atoms with E-state index in [0.29, 0.717) is 5.92 Å². The van der Waals surface area contributed by atoms with Crippen molar-refractivity contribution in [2.45, 2.75) is 19.8 Å². The van der Waals surface area contributed by atoms with Gasteiger partial charge in [-0.25, -0.2) is 4.39 Å². The molecule has 0 aliphatic heterocycles. The molecule has 0 heterocycles. The maximum atomic E-state index is 12.3. The molecular weight excluding hydrogens is 115 g/mol. The van der Waals surface area contributed by atoms with Gasteiger partial charge in [0.25, 0.3) is 0 Å². The molecule has 0 saturated carbocycles. The van der Waals surface area contributed by atoms with Crippen molar-refractivity contribution in [1.29, 1.82) is 0 Å². The average molecular weight is 126 g/mol. The highest BCUT2D eigenvalue weighted by Gasteiger charge is 2.04. The molecule has 0 nitrogen and oxygen atoms in total. The fourth-order valence-corrected chi connectivity index (χ4v) is 0.941. The van der Waals surface area contributed by atoms with Crippen LogP contribution in [0.5, 0.6) is 0 Å². The van der Waals surface area contributed by atoms with Gasteiger partial charge < -0.3 is 0 Å². The van der Waals surface area contributed by atoms with Gasteiger partial charge >= 0.3 is 0 Å². The number of allylic oxidation sites excluding steroid dienone is 4. The molecule has 0 aromatic heterocycles. The molecule has 9 heavy (non-hydrogen) atoms. The molecule has 1 aliphatic rings. The van der Waals surface area contributed by atoms with E-state index in [2.05, 4.69) is 6.92 Å². The summed E-state index contributed by atoms with van der Waals surface area (Å²) in [6.07, 6.45) is 7.13. The molecule has 1 rings (SSSR count). The molecule has 0 fully saturated rings. The monoisotopic (exact) mass is 126 g/mol. The van der Waals surface area contributed by atoms with Gasteiger partial charge in [0.2, 0.25) is 0 Å². The zero-order chi connectivity index (χ0) is 6.69. The second-order valence-corrected chi connectivity index (χ2v) is 2.35. The summed E-state index contributed by atoms with van der Waals surface area (Å²) in [5.41, 5.74) is 0. The Hall–Kier alpha value is -0.590. The van der Waals surface area contributed by atoms with Crippen LogP contribution >= 0.6 is 0 Å². The van der Waals surface area contributed by atoms with E-state index in [4.69, 9.17) is 0 Å². The standard InChI is InChI=1S/C8H11F/c1-2-7-3-5-8(9)6-4-7/h3,5-7H,2,4H2,1H3. The van der Waals surface area contributed by atoms with Crippen molar-refractivity contribution >= 4 is 0 Å². The van der Waals surface area contributed by atoms with Crippen LogP contribution in [0.15, 0.2) is 24.1 Å². The van der Waals surface area contributed by atoms with Crippen molar-refractivity contribution < 1.29 is 4.39 Å². The van der Waals surface area contributed by atoms with E-state index in [1.807, 2.05) is 6.08 Å². The molecule has 0 spiro atoms. The molecule has 1 heteroatoms. The molecule has 50 valence electrons. The molecule has 1 atom stereocenters. The van der Waals surface area contributed by atoms with Crippen molar-refractivity contribution in [3.63, 3.8) is 0 Å². The van der Waals surface area contributed by atoms with Gasteiger partial charge in [-0.1, -0.05) is 13.0 Å². The van der Waals surface area contributed by atoms with E-state index >= 15 is 0 Å². The summed E-state index contributed by atoms with van der Waals surface area (Å²) in [5, 5.41) is 0. The largest absolute Gasteiger partial charge is 0.207 e. The highest BCUT2D eigenvalue weighted by atomic mass is 19.1. The van der Waals surface area contributed by atoms with E-state index in [1.54, 1.807) is 12.2 Å². The molecule has 0 bridgehead atoms. The Morgan fingerprint density at radius 3 is 3.00 bits per heavy atom. The summed E-state index contributed by atoms with van der Waals surface area (Å²) < 4.78 is 12.3. The number of halogens is 1. The third kappa shape index (κ3) is 1.67. The Balaban J connectivity index is 2.48. The first-order valence-corrected chi connectivity index (χ1v) is 3.36. The molecule has 0 aromatic rings. The van der Waals surface area contributed by atoms with E-state index in [1.165, 1.54) is 0 Å². The average Bonchev–Trinajstić information content (AvgIpc) is 1.90. The lowest BCUT2D eigenvalue weighted by molar-refractivity contribution is 0.587. The first-order chi connectivity index (χ1) is 4.33. The van der Waals surface area contributed by atoms with Crippen LogP contribution in [0.2, 0.25) is 0 Å². The van der Waals surface area contributed by atoms with Crippen LogP contribution in [-0.2, 0) is 0 Å². The molecule has 0 radical (unpaired) electrons. The summed E-state index contributed by atoms with van der Waals surface area (Å²) in [4.78, 5) is 0. The van der Waals surface area contributed by atoms with E-state index < -0.39 is 0 Å². The highest BCUT2D eigenvalue weighted by molar-refractivity contribution is 5.16. The van der Waals surface area contributed by atoms with E-state index in [-0.39, 0.29) is 5.83 Å². The van der Waals surface area contributed by atoms with Gasteiger partial charge in [0.1, 0.15) is 5.83 Å². The number of hydrogen-bond acceptors (Lipinski definition) is 0. The van der Waals surface area contributed by atoms with Crippen LogP contribution in [0.25, 0.3) is 0 Å². The number of hydrogen-bond donors (Lipinski definition) is 0.